The number of ether oxygens (including phenoxy) is 6. The Hall–Kier alpha value is -3.85. The molecule has 5 rings (SSSR count). The molecule has 0 spiro atoms. The highest BCUT2D eigenvalue weighted by Gasteiger charge is 2.50. The minimum Gasteiger partial charge on any atom is -0.433 e. The van der Waals surface area contributed by atoms with Crippen LogP contribution in [0.2, 0.25) is 0 Å². The second kappa shape index (κ2) is 16.1. The van der Waals surface area contributed by atoms with E-state index in [1.807, 2.05) is 121 Å². The molecule has 1 fully saturated rings. The summed E-state index contributed by atoms with van der Waals surface area (Å²) in [5.74, 6) is -0.479. The molecule has 4 aromatic carbocycles. The van der Waals surface area contributed by atoms with E-state index in [2.05, 4.69) is 0 Å². The molecule has 0 N–H and O–H groups in total. The van der Waals surface area contributed by atoms with E-state index in [0.717, 1.165) is 22.3 Å². The Labute approximate surface area is 253 Å². The van der Waals surface area contributed by atoms with Crippen LogP contribution in [0.25, 0.3) is 0 Å². The minimum absolute atomic E-state index is 0.197. The van der Waals surface area contributed by atoms with Crippen LogP contribution in [0.3, 0.4) is 0 Å². The van der Waals surface area contributed by atoms with Crippen LogP contribution in [0.4, 0.5) is 0 Å². The number of carbonyl (C=O) groups excluding carboxylic acids is 1. The highest BCUT2D eigenvalue weighted by atomic mass is 16.7. The van der Waals surface area contributed by atoms with Gasteiger partial charge in [0.15, 0.2) is 0 Å². The van der Waals surface area contributed by atoms with E-state index in [-0.39, 0.29) is 13.2 Å². The summed E-state index contributed by atoms with van der Waals surface area (Å²) in [7, 11) is 0. The molecule has 1 aliphatic heterocycles. The SMILES string of the molecule is CC(=O)O[C@H]1O[C@H](COCc2ccccc2)[C@@H](OCc2ccccc2)[C@H](OCc2ccccc2)[C@@H]1OCc1ccccc1. The Bertz CT molecular complexity index is 1350. The third-order valence-electron chi connectivity index (χ3n) is 7.12. The molecule has 7 heteroatoms. The Balaban J connectivity index is 1.42. The predicted molar refractivity (Wildman–Crippen MR) is 162 cm³/mol. The maximum Gasteiger partial charge on any atom is 0.305 e. The Kier molecular flexibility index (Phi) is 11.5. The van der Waals surface area contributed by atoms with Gasteiger partial charge in [-0.1, -0.05) is 121 Å². The molecule has 1 saturated heterocycles. The van der Waals surface area contributed by atoms with E-state index in [4.69, 9.17) is 28.4 Å². The van der Waals surface area contributed by atoms with E-state index in [0.29, 0.717) is 19.8 Å². The van der Waals surface area contributed by atoms with Crippen LogP contribution in [0.15, 0.2) is 121 Å². The molecule has 1 heterocycles. The summed E-state index contributed by atoms with van der Waals surface area (Å²) >= 11 is 0. The van der Waals surface area contributed by atoms with Crippen molar-refractivity contribution >= 4 is 5.97 Å². The van der Waals surface area contributed by atoms with Crippen LogP contribution in [0.5, 0.6) is 0 Å². The van der Waals surface area contributed by atoms with Gasteiger partial charge in [-0.15, -0.1) is 0 Å². The monoisotopic (exact) mass is 582 g/mol. The number of rotatable bonds is 14. The third kappa shape index (κ3) is 9.32. The fourth-order valence-electron chi connectivity index (χ4n) is 5.01. The van der Waals surface area contributed by atoms with E-state index in [9.17, 15) is 4.79 Å². The number of hydrogen-bond donors (Lipinski definition) is 0. The summed E-state index contributed by atoms with van der Waals surface area (Å²) in [6.07, 6.45) is -3.62. The molecule has 43 heavy (non-hydrogen) atoms. The molecule has 1 aliphatic rings. The quantitative estimate of drug-likeness (QED) is 0.163. The maximum atomic E-state index is 12.3. The molecular weight excluding hydrogens is 544 g/mol. The first-order chi connectivity index (χ1) is 21.2. The van der Waals surface area contributed by atoms with E-state index < -0.39 is 36.7 Å². The number of benzene rings is 4. The van der Waals surface area contributed by atoms with Crippen molar-refractivity contribution in [1.82, 2.24) is 0 Å². The van der Waals surface area contributed by atoms with Gasteiger partial charge in [0.05, 0.1) is 33.0 Å². The van der Waals surface area contributed by atoms with Gasteiger partial charge in [-0.2, -0.15) is 0 Å². The van der Waals surface area contributed by atoms with Crippen LogP contribution < -0.4 is 0 Å². The molecule has 224 valence electrons. The molecule has 7 nitrogen and oxygen atoms in total. The molecule has 0 aromatic heterocycles. The Morgan fingerprint density at radius 2 is 0.953 bits per heavy atom. The topological polar surface area (TPSA) is 72.5 Å². The largest absolute Gasteiger partial charge is 0.433 e. The number of esters is 1. The normalized spacial score (nSPS) is 21.7. The Morgan fingerprint density at radius 1 is 0.558 bits per heavy atom. The van der Waals surface area contributed by atoms with Gasteiger partial charge < -0.3 is 28.4 Å². The summed E-state index contributed by atoms with van der Waals surface area (Å²) in [6, 6.07) is 39.6. The third-order valence-corrected chi connectivity index (χ3v) is 7.12. The van der Waals surface area contributed by atoms with Gasteiger partial charge in [-0.25, -0.2) is 0 Å². The highest BCUT2D eigenvalue weighted by Crippen LogP contribution is 2.31. The molecule has 0 saturated carbocycles. The molecule has 0 radical (unpaired) electrons. The fourth-order valence-corrected chi connectivity index (χ4v) is 5.01. The van der Waals surface area contributed by atoms with Crippen LogP contribution >= 0.6 is 0 Å². The van der Waals surface area contributed by atoms with E-state index >= 15 is 0 Å². The minimum atomic E-state index is -1.02. The van der Waals surface area contributed by atoms with Gasteiger partial charge >= 0.3 is 5.97 Å². The smallest absolute Gasteiger partial charge is 0.305 e. The first kappa shape index (κ1) is 30.6. The van der Waals surface area contributed by atoms with Crippen molar-refractivity contribution in [3.8, 4) is 0 Å². The van der Waals surface area contributed by atoms with Gasteiger partial charge in [-0.05, 0) is 22.3 Å². The number of carbonyl (C=O) groups is 1. The maximum absolute atomic E-state index is 12.3. The molecule has 4 aromatic rings. The zero-order valence-corrected chi connectivity index (χ0v) is 24.3. The lowest BCUT2D eigenvalue weighted by Crippen LogP contribution is -2.62. The van der Waals surface area contributed by atoms with Gasteiger partial charge in [0.1, 0.15) is 24.4 Å². The predicted octanol–water partition coefficient (Wildman–Crippen LogP) is 6.25. The first-order valence-corrected chi connectivity index (χ1v) is 14.6. The van der Waals surface area contributed by atoms with Crippen LogP contribution in [-0.4, -0.2) is 43.3 Å². The molecule has 0 bridgehead atoms. The van der Waals surface area contributed by atoms with Crippen molar-refractivity contribution < 1.29 is 33.2 Å². The van der Waals surface area contributed by atoms with Crippen molar-refractivity contribution in [2.24, 2.45) is 0 Å². The van der Waals surface area contributed by atoms with Crippen LogP contribution in [-0.2, 0) is 59.6 Å². The van der Waals surface area contributed by atoms with Gasteiger partial charge in [-0.3, -0.25) is 4.79 Å². The summed E-state index contributed by atoms with van der Waals surface area (Å²) in [4.78, 5) is 12.3. The first-order valence-electron chi connectivity index (χ1n) is 14.6. The average Bonchev–Trinajstić information content (AvgIpc) is 3.04. The summed E-state index contributed by atoms with van der Waals surface area (Å²) < 4.78 is 37.9. The van der Waals surface area contributed by atoms with Crippen LogP contribution in [0, 0.1) is 0 Å². The van der Waals surface area contributed by atoms with E-state index in [1.165, 1.54) is 6.92 Å². The zero-order valence-electron chi connectivity index (χ0n) is 24.3. The summed E-state index contributed by atoms with van der Waals surface area (Å²) in [5, 5.41) is 0. The van der Waals surface area contributed by atoms with Crippen molar-refractivity contribution in [3.05, 3.63) is 144 Å². The van der Waals surface area contributed by atoms with Gasteiger partial charge in [0.25, 0.3) is 0 Å². The average molecular weight is 583 g/mol. The van der Waals surface area contributed by atoms with E-state index in [1.54, 1.807) is 0 Å². The summed E-state index contributed by atoms with van der Waals surface area (Å²) in [5.41, 5.74) is 4.02. The van der Waals surface area contributed by atoms with Gasteiger partial charge in [0.2, 0.25) is 6.29 Å². The molecule has 5 atom stereocenters. The second-order valence-electron chi connectivity index (χ2n) is 10.4. The van der Waals surface area contributed by atoms with Crippen molar-refractivity contribution in [1.29, 1.82) is 0 Å². The molecular formula is C36H38O7. The Morgan fingerprint density at radius 3 is 1.40 bits per heavy atom. The van der Waals surface area contributed by atoms with Crippen molar-refractivity contribution in [2.45, 2.75) is 64.1 Å². The lowest BCUT2D eigenvalue weighted by atomic mass is 9.97. The standard InChI is InChI=1S/C36H38O7/c1-27(37)42-36-35(41-25-31-20-12-5-13-21-31)34(40-24-30-18-10-4-11-19-30)33(39-23-29-16-8-3-9-17-29)32(43-36)26-38-22-28-14-6-2-7-15-28/h2-21,32-36H,22-26H2,1H3/t32-,33-,34+,35+,36+/m1/s1. The molecule has 0 aliphatic carbocycles. The van der Waals surface area contributed by atoms with Crippen LogP contribution in [0.1, 0.15) is 29.2 Å². The fraction of sp³-hybridized carbons (Fsp3) is 0.306. The highest BCUT2D eigenvalue weighted by molar-refractivity contribution is 5.66. The second-order valence-corrected chi connectivity index (χ2v) is 10.4. The van der Waals surface area contributed by atoms with Crippen molar-refractivity contribution in [2.75, 3.05) is 6.61 Å². The molecule has 0 unspecified atom stereocenters. The molecule has 0 amide bonds. The lowest BCUT2D eigenvalue weighted by molar-refractivity contribution is -0.320. The summed E-state index contributed by atoms with van der Waals surface area (Å²) in [6.45, 7) is 2.87. The zero-order chi connectivity index (χ0) is 29.7. The lowest BCUT2D eigenvalue weighted by Gasteiger charge is -2.45. The number of hydrogen-bond acceptors (Lipinski definition) is 7. The van der Waals surface area contributed by atoms with Gasteiger partial charge in [0, 0.05) is 6.92 Å². The van der Waals surface area contributed by atoms with Crippen molar-refractivity contribution in [3.63, 3.8) is 0 Å².